The van der Waals surface area contributed by atoms with Crippen LogP contribution in [0.5, 0.6) is 0 Å². The SMILES string of the molecule is O=C(CCCCC(=O)Nc1cccc([C@@H]2O[C@H](CSc3ccc(C(=O)O)cc3)C[C@H](c3ccc(CO)cc3)O2)c1)NO. The van der Waals surface area contributed by atoms with Gasteiger partial charge in [0.1, 0.15) is 0 Å². The second kappa shape index (κ2) is 15.5. The number of amides is 2. The summed E-state index contributed by atoms with van der Waals surface area (Å²) in [6.07, 6.45) is 0.798. The lowest BCUT2D eigenvalue weighted by atomic mass is 10.0. The number of hydroxylamine groups is 1. The molecule has 1 aliphatic rings. The first-order valence-electron chi connectivity index (χ1n) is 13.6. The van der Waals surface area contributed by atoms with Crippen molar-refractivity contribution in [1.82, 2.24) is 5.48 Å². The number of carbonyl (C=O) groups excluding carboxylic acids is 2. The number of benzene rings is 3. The van der Waals surface area contributed by atoms with Gasteiger partial charge in [-0.05, 0) is 60.4 Å². The maximum Gasteiger partial charge on any atom is 0.335 e. The average Bonchev–Trinajstić information content (AvgIpc) is 3.02. The van der Waals surface area contributed by atoms with Crippen molar-refractivity contribution >= 4 is 35.2 Å². The predicted octanol–water partition coefficient (Wildman–Crippen LogP) is 5.22. The normalized spacial score (nSPS) is 18.3. The third-order valence-electron chi connectivity index (χ3n) is 6.78. The molecule has 3 aromatic rings. The molecule has 0 radical (unpaired) electrons. The number of anilines is 1. The molecule has 3 atom stereocenters. The summed E-state index contributed by atoms with van der Waals surface area (Å²) in [6, 6.07) is 21.6. The molecule has 5 N–H and O–H groups in total. The molecule has 11 heteroatoms. The zero-order chi connectivity index (χ0) is 29.9. The van der Waals surface area contributed by atoms with Gasteiger partial charge < -0.3 is 25.0 Å². The number of unbranched alkanes of at least 4 members (excludes halogenated alkanes) is 1. The van der Waals surface area contributed by atoms with E-state index < -0.39 is 18.2 Å². The van der Waals surface area contributed by atoms with Crippen LogP contribution < -0.4 is 10.8 Å². The molecule has 0 aliphatic carbocycles. The largest absolute Gasteiger partial charge is 0.478 e. The van der Waals surface area contributed by atoms with Crippen LogP contribution in [0.2, 0.25) is 0 Å². The van der Waals surface area contributed by atoms with Gasteiger partial charge in [0.25, 0.3) is 0 Å². The van der Waals surface area contributed by atoms with Gasteiger partial charge in [-0.15, -0.1) is 11.8 Å². The maximum atomic E-state index is 12.5. The number of carboxylic acids is 1. The van der Waals surface area contributed by atoms with Crippen LogP contribution in [-0.4, -0.2) is 45.1 Å². The Morgan fingerprint density at radius 2 is 1.60 bits per heavy atom. The number of nitrogens with one attached hydrogen (secondary N) is 2. The minimum atomic E-state index is -0.970. The molecule has 222 valence electrons. The van der Waals surface area contributed by atoms with Gasteiger partial charge in [0.05, 0.1) is 24.4 Å². The smallest absolute Gasteiger partial charge is 0.335 e. The Balaban J connectivity index is 1.44. The first kappa shape index (κ1) is 31.2. The molecule has 1 saturated heterocycles. The van der Waals surface area contributed by atoms with Gasteiger partial charge in [-0.3, -0.25) is 14.8 Å². The fraction of sp³-hybridized carbons (Fsp3) is 0.323. The van der Waals surface area contributed by atoms with Gasteiger partial charge in [0.2, 0.25) is 11.8 Å². The quantitative estimate of drug-likeness (QED) is 0.0775. The van der Waals surface area contributed by atoms with E-state index in [-0.39, 0.29) is 43.1 Å². The Morgan fingerprint density at radius 1 is 0.881 bits per heavy atom. The zero-order valence-corrected chi connectivity index (χ0v) is 23.7. The fourth-order valence-corrected chi connectivity index (χ4v) is 5.44. The minimum Gasteiger partial charge on any atom is -0.478 e. The molecule has 1 aliphatic heterocycles. The third kappa shape index (κ3) is 9.13. The van der Waals surface area contributed by atoms with E-state index in [0.717, 1.165) is 21.6 Å². The first-order chi connectivity index (χ1) is 20.3. The van der Waals surface area contributed by atoms with Crippen molar-refractivity contribution in [2.45, 2.75) is 62.1 Å². The molecule has 0 bridgehead atoms. The van der Waals surface area contributed by atoms with Gasteiger partial charge in [-0.25, -0.2) is 10.3 Å². The molecule has 0 saturated carbocycles. The van der Waals surface area contributed by atoms with Gasteiger partial charge in [-0.2, -0.15) is 0 Å². The Morgan fingerprint density at radius 3 is 2.26 bits per heavy atom. The van der Waals surface area contributed by atoms with Crippen LogP contribution in [0.15, 0.2) is 77.7 Å². The molecule has 2 amide bonds. The van der Waals surface area contributed by atoms with E-state index in [2.05, 4.69) is 5.32 Å². The highest BCUT2D eigenvalue weighted by molar-refractivity contribution is 7.99. The summed E-state index contributed by atoms with van der Waals surface area (Å²) in [6.45, 7) is -0.0476. The number of rotatable bonds is 13. The number of carbonyl (C=O) groups is 3. The number of thioether (sulfide) groups is 1. The highest BCUT2D eigenvalue weighted by Crippen LogP contribution is 2.40. The lowest BCUT2D eigenvalue weighted by molar-refractivity contribution is -0.245. The summed E-state index contributed by atoms with van der Waals surface area (Å²) in [5.74, 6) is -1.02. The summed E-state index contributed by atoms with van der Waals surface area (Å²) in [5, 5.41) is 30.0. The summed E-state index contributed by atoms with van der Waals surface area (Å²) in [7, 11) is 0. The minimum absolute atomic E-state index is 0.0476. The van der Waals surface area contributed by atoms with E-state index in [1.807, 2.05) is 42.5 Å². The molecule has 0 aromatic heterocycles. The van der Waals surface area contributed by atoms with Crippen molar-refractivity contribution in [3.05, 3.63) is 95.1 Å². The molecule has 10 nitrogen and oxygen atoms in total. The van der Waals surface area contributed by atoms with Crippen LogP contribution in [-0.2, 0) is 25.7 Å². The zero-order valence-electron chi connectivity index (χ0n) is 22.9. The third-order valence-corrected chi connectivity index (χ3v) is 7.92. The highest BCUT2D eigenvalue weighted by Gasteiger charge is 2.32. The van der Waals surface area contributed by atoms with E-state index in [9.17, 15) is 19.5 Å². The number of hydrogen-bond acceptors (Lipinski definition) is 8. The standard InChI is InChI=1S/C31H34N2O8S/c34-18-20-8-10-21(11-9-20)27-17-25(19-42-26-14-12-22(13-15-26)30(37)38)40-31(41-27)23-4-3-5-24(16-23)32-28(35)6-1-2-7-29(36)33-39/h3-5,8-16,25,27,31,34,39H,1-2,6-7,17-19H2,(H,32,35)(H,33,36)(H,37,38)/t25-,27+,31+/m0/s1. The molecule has 42 heavy (non-hydrogen) atoms. The monoisotopic (exact) mass is 594 g/mol. The molecule has 1 heterocycles. The molecular weight excluding hydrogens is 560 g/mol. The molecule has 0 spiro atoms. The van der Waals surface area contributed by atoms with E-state index in [4.69, 9.17) is 19.8 Å². The molecule has 1 fully saturated rings. The number of aliphatic hydroxyl groups is 1. The van der Waals surface area contributed by atoms with Crippen LogP contribution in [0.1, 0.15) is 71.5 Å². The lowest BCUT2D eigenvalue weighted by Crippen LogP contribution is -2.31. The maximum absolute atomic E-state index is 12.5. The predicted molar refractivity (Wildman–Crippen MR) is 156 cm³/mol. The number of hydrogen-bond donors (Lipinski definition) is 5. The van der Waals surface area contributed by atoms with Crippen molar-refractivity contribution in [2.75, 3.05) is 11.1 Å². The van der Waals surface area contributed by atoms with E-state index in [1.165, 1.54) is 0 Å². The summed E-state index contributed by atoms with van der Waals surface area (Å²) >= 11 is 1.57. The van der Waals surface area contributed by atoms with Crippen molar-refractivity contribution < 1.29 is 39.3 Å². The molecular formula is C31H34N2O8S. The summed E-state index contributed by atoms with van der Waals surface area (Å²) in [4.78, 5) is 35.7. The van der Waals surface area contributed by atoms with Crippen molar-refractivity contribution in [1.29, 1.82) is 0 Å². The van der Waals surface area contributed by atoms with Gasteiger partial charge >= 0.3 is 5.97 Å². The second-order valence-corrected chi connectivity index (χ2v) is 11.0. The summed E-state index contributed by atoms with van der Waals surface area (Å²) in [5.41, 5.74) is 4.91. The van der Waals surface area contributed by atoms with E-state index in [1.54, 1.807) is 47.6 Å². The number of ether oxygens (including phenoxy) is 2. The Bertz CT molecular complexity index is 1350. The van der Waals surface area contributed by atoms with Gasteiger partial charge in [-0.1, -0.05) is 36.4 Å². The topological polar surface area (TPSA) is 154 Å². The van der Waals surface area contributed by atoms with Crippen LogP contribution in [0.3, 0.4) is 0 Å². The highest BCUT2D eigenvalue weighted by atomic mass is 32.2. The Kier molecular flexibility index (Phi) is 11.5. The number of carboxylic acid groups (broad SMARTS) is 1. The molecule has 4 rings (SSSR count). The molecule has 0 unspecified atom stereocenters. The molecule has 3 aromatic carbocycles. The van der Waals surface area contributed by atoms with E-state index in [0.29, 0.717) is 30.7 Å². The van der Waals surface area contributed by atoms with Crippen molar-refractivity contribution in [3.8, 4) is 0 Å². The van der Waals surface area contributed by atoms with Crippen LogP contribution >= 0.6 is 11.8 Å². The van der Waals surface area contributed by atoms with Crippen LogP contribution in [0.25, 0.3) is 0 Å². The average molecular weight is 595 g/mol. The summed E-state index contributed by atoms with van der Waals surface area (Å²) < 4.78 is 12.8. The van der Waals surface area contributed by atoms with E-state index >= 15 is 0 Å². The first-order valence-corrected chi connectivity index (χ1v) is 14.6. The lowest BCUT2D eigenvalue weighted by Gasteiger charge is -2.36. The fourth-order valence-electron chi connectivity index (χ4n) is 4.52. The number of aliphatic hydroxyl groups excluding tert-OH is 1. The van der Waals surface area contributed by atoms with Gasteiger partial charge in [0, 0.05) is 41.2 Å². The Hall–Kier alpha value is -3.74. The second-order valence-electron chi connectivity index (χ2n) is 9.91. The van der Waals surface area contributed by atoms with Crippen molar-refractivity contribution in [3.63, 3.8) is 0 Å². The number of aromatic carboxylic acids is 1. The Labute approximate surface area is 248 Å². The van der Waals surface area contributed by atoms with Gasteiger partial charge in [0.15, 0.2) is 6.29 Å². The van der Waals surface area contributed by atoms with Crippen LogP contribution in [0.4, 0.5) is 5.69 Å². The van der Waals surface area contributed by atoms with Crippen molar-refractivity contribution in [2.24, 2.45) is 0 Å². The van der Waals surface area contributed by atoms with Crippen LogP contribution in [0, 0.1) is 0 Å².